The molecule has 2 rings (SSSR count). The number of benzene rings is 2. The van der Waals surface area contributed by atoms with E-state index in [-0.39, 0.29) is 6.61 Å². The van der Waals surface area contributed by atoms with E-state index >= 15 is 0 Å². The molecule has 0 radical (unpaired) electrons. The molecule has 2 aromatic carbocycles. The topological polar surface area (TPSA) is 46.5 Å². The summed E-state index contributed by atoms with van der Waals surface area (Å²) in [4.78, 5) is 11.8. The van der Waals surface area contributed by atoms with Crippen LogP contribution in [0.1, 0.15) is 18.1 Å². The van der Waals surface area contributed by atoms with E-state index in [4.69, 9.17) is 4.74 Å². The van der Waals surface area contributed by atoms with Crippen molar-refractivity contribution >= 4 is 5.97 Å². The SMILES string of the molecule is C=C(C)C(=O)Oc1cc(CO)ccc1-c1ccc(C)cc1. The van der Waals surface area contributed by atoms with E-state index in [1.54, 1.807) is 13.0 Å². The lowest BCUT2D eigenvalue weighted by Gasteiger charge is -2.12. The van der Waals surface area contributed by atoms with Crippen LogP contribution in [0.3, 0.4) is 0 Å². The minimum Gasteiger partial charge on any atom is -0.423 e. The maximum Gasteiger partial charge on any atom is 0.338 e. The number of esters is 1. The third-order valence-electron chi connectivity index (χ3n) is 3.14. The van der Waals surface area contributed by atoms with Crippen molar-refractivity contribution in [3.8, 4) is 16.9 Å². The van der Waals surface area contributed by atoms with E-state index in [9.17, 15) is 9.90 Å². The number of hydrogen-bond donors (Lipinski definition) is 1. The Hall–Kier alpha value is -2.39. The van der Waals surface area contributed by atoms with Gasteiger partial charge >= 0.3 is 5.97 Å². The highest BCUT2D eigenvalue weighted by Crippen LogP contribution is 2.31. The van der Waals surface area contributed by atoms with Crippen molar-refractivity contribution in [2.75, 3.05) is 0 Å². The third-order valence-corrected chi connectivity index (χ3v) is 3.14. The third kappa shape index (κ3) is 3.58. The Kier molecular flexibility index (Phi) is 4.55. The molecule has 108 valence electrons. The molecule has 0 atom stereocenters. The molecular weight excluding hydrogens is 264 g/mol. The van der Waals surface area contributed by atoms with Gasteiger partial charge in [0.2, 0.25) is 0 Å². The Morgan fingerprint density at radius 2 is 1.86 bits per heavy atom. The number of hydrogen-bond acceptors (Lipinski definition) is 3. The summed E-state index contributed by atoms with van der Waals surface area (Å²) < 4.78 is 5.38. The lowest BCUT2D eigenvalue weighted by atomic mass is 10.0. The highest BCUT2D eigenvalue weighted by molar-refractivity contribution is 5.90. The second-order valence-corrected chi connectivity index (χ2v) is 5.02. The predicted octanol–water partition coefficient (Wildman–Crippen LogP) is 3.64. The fourth-order valence-electron chi connectivity index (χ4n) is 1.91. The van der Waals surface area contributed by atoms with E-state index in [2.05, 4.69) is 6.58 Å². The molecule has 0 spiro atoms. The van der Waals surface area contributed by atoms with Gasteiger partial charge in [-0.05, 0) is 31.0 Å². The van der Waals surface area contributed by atoms with Crippen molar-refractivity contribution < 1.29 is 14.6 Å². The van der Waals surface area contributed by atoms with Crippen molar-refractivity contribution in [1.29, 1.82) is 0 Å². The van der Waals surface area contributed by atoms with Crippen LogP contribution in [0.25, 0.3) is 11.1 Å². The van der Waals surface area contributed by atoms with Gasteiger partial charge in [-0.1, -0.05) is 48.5 Å². The molecule has 0 aliphatic heterocycles. The minimum atomic E-state index is -0.474. The maximum absolute atomic E-state index is 11.8. The average molecular weight is 282 g/mol. The van der Waals surface area contributed by atoms with Crippen LogP contribution in [0.5, 0.6) is 5.75 Å². The molecule has 0 saturated carbocycles. The fraction of sp³-hybridized carbons (Fsp3) is 0.167. The average Bonchev–Trinajstić information content (AvgIpc) is 2.48. The van der Waals surface area contributed by atoms with E-state index in [1.807, 2.05) is 43.3 Å². The second kappa shape index (κ2) is 6.37. The normalized spacial score (nSPS) is 10.2. The van der Waals surface area contributed by atoms with Gasteiger partial charge in [-0.3, -0.25) is 0 Å². The highest BCUT2D eigenvalue weighted by Gasteiger charge is 2.12. The van der Waals surface area contributed by atoms with Gasteiger partial charge < -0.3 is 9.84 Å². The summed E-state index contributed by atoms with van der Waals surface area (Å²) in [5.74, 6) is -0.0446. The van der Waals surface area contributed by atoms with Crippen LogP contribution < -0.4 is 4.74 Å². The molecular formula is C18H18O3. The van der Waals surface area contributed by atoms with Crippen LogP contribution in [0.15, 0.2) is 54.6 Å². The summed E-state index contributed by atoms with van der Waals surface area (Å²) in [5, 5.41) is 9.25. The lowest BCUT2D eigenvalue weighted by molar-refractivity contribution is -0.130. The summed E-state index contributed by atoms with van der Waals surface area (Å²) >= 11 is 0. The molecule has 2 aromatic rings. The molecule has 0 saturated heterocycles. The van der Waals surface area contributed by atoms with Gasteiger partial charge in [0.15, 0.2) is 0 Å². The van der Waals surface area contributed by atoms with Crippen LogP contribution in [-0.4, -0.2) is 11.1 Å². The first-order valence-electron chi connectivity index (χ1n) is 6.70. The van der Waals surface area contributed by atoms with Crippen molar-refractivity contribution in [3.63, 3.8) is 0 Å². The second-order valence-electron chi connectivity index (χ2n) is 5.02. The summed E-state index contributed by atoms with van der Waals surface area (Å²) in [5.41, 5.74) is 3.94. The molecule has 0 fully saturated rings. The number of rotatable bonds is 4. The van der Waals surface area contributed by atoms with Gasteiger partial charge in [-0.15, -0.1) is 0 Å². The van der Waals surface area contributed by atoms with E-state index in [0.29, 0.717) is 16.9 Å². The Balaban J connectivity index is 2.46. The first-order valence-corrected chi connectivity index (χ1v) is 6.70. The Morgan fingerprint density at radius 3 is 2.43 bits per heavy atom. The molecule has 0 aliphatic carbocycles. The van der Waals surface area contributed by atoms with Crippen LogP contribution in [0.4, 0.5) is 0 Å². The summed E-state index contributed by atoms with van der Waals surface area (Å²) in [6.07, 6.45) is 0. The van der Waals surface area contributed by atoms with E-state index in [0.717, 1.165) is 16.7 Å². The molecule has 0 bridgehead atoms. The van der Waals surface area contributed by atoms with Crippen LogP contribution >= 0.6 is 0 Å². The van der Waals surface area contributed by atoms with Gasteiger partial charge in [0.25, 0.3) is 0 Å². The van der Waals surface area contributed by atoms with Crippen molar-refractivity contribution in [2.24, 2.45) is 0 Å². The smallest absolute Gasteiger partial charge is 0.338 e. The molecule has 0 amide bonds. The van der Waals surface area contributed by atoms with E-state index < -0.39 is 5.97 Å². The first-order chi connectivity index (χ1) is 10.0. The van der Waals surface area contributed by atoms with Crippen molar-refractivity contribution in [1.82, 2.24) is 0 Å². The Morgan fingerprint density at radius 1 is 1.19 bits per heavy atom. The molecule has 0 unspecified atom stereocenters. The maximum atomic E-state index is 11.8. The van der Waals surface area contributed by atoms with Gasteiger partial charge in [0.1, 0.15) is 5.75 Å². The van der Waals surface area contributed by atoms with Crippen LogP contribution in [0, 0.1) is 6.92 Å². The molecule has 0 aromatic heterocycles. The van der Waals surface area contributed by atoms with Gasteiger partial charge in [0.05, 0.1) is 6.61 Å². The minimum absolute atomic E-state index is 0.105. The van der Waals surface area contributed by atoms with Gasteiger partial charge in [-0.2, -0.15) is 0 Å². The van der Waals surface area contributed by atoms with Gasteiger partial charge in [0, 0.05) is 11.1 Å². The Labute approximate surface area is 124 Å². The zero-order chi connectivity index (χ0) is 15.4. The molecule has 3 nitrogen and oxygen atoms in total. The van der Waals surface area contributed by atoms with Crippen molar-refractivity contribution in [3.05, 3.63) is 65.7 Å². The quantitative estimate of drug-likeness (QED) is 0.529. The van der Waals surface area contributed by atoms with Gasteiger partial charge in [-0.25, -0.2) is 4.79 Å². The largest absolute Gasteiger partial charge is 0.423 e. The monoisotopic (exact) mass is 282 g/mol. The fourth-order valence-corrected chi connectivity index (χ4v) is 1.91. The van der Waals surface area contributed by atoms with Crippen LogP contribution in [0.2, 0.25) is 0 Å². The number of ether oxygens (including phenoxy) is 1. The Bertz CT molecular complexity index is 669. The summed E-state index contributed by atoms with van der Waals surface area (Å²) in [6.45, 7) is 7.09. The van der Waals surface area contributed by atoms with Crippen LogP contribution in [-0.2, 0) is 11.4 Å². The molecule has 0 heterocycles. The predicted molar refractivity (Wildman–Crippen MR) is 83.0 cm³/mol. The molecule has 21 heavy (non-hydrogen) atoms. The molecule has 3 heteroatoms. The summed E-state index contributed by atoms with van der Waals surface area (Å²) in [7, 11) is 0. The zero-order valence-corrected chi connectivity index (χ0v) is 12.2. The standard InChI is InChI=1S/C18H18O3/c1-12(2)18(20)21-17-10-14(11-19)6-9-16(17)15-7-4-13(3)5-8-15/h4-10,19H,1,11H2,2-3H3. The molecule has 0 aliphatic rings. The first kappa shape index (κ1) is 15.0. The lowest BCUT2D eigenvalue weighted by Crippen LogP contribution is -2.09. The number of aryl methyl sites for hydroxylation is 1. The number of carbonyl (C=O) groups excluding carboxylic acids is 1. The number of aliphatic hydroxyl groups excluding tert-OH is 1. The number of carbonyl (C=O) groups is 1. The summed E-state index contributed by atoms with van der Waals surface area (Å²) in [6, 6.07) is 13.3. The number of aliphatic hydroxyl groups is 1. The molecule has 1 N–H and O–H groups in total. The van der Waals surface area contributed by atoms with E-state index in [1.165, 1.54) is 0 Å². The zero-order valence-electron chi connectivity index (χ0n) is 12.2. The highest BCUT2D eigenvalue weighted by atomic mass is 16.5. The van der Waals surface area contributed by atoms with Crippen molar-refractivity contribution in [2.45, 2.75) is 20.5 Å².